The van der Waals surface area contributed by atoms with Gasteiger partial charge in [-0.05, 0) is 37.4 Å². The number of nitrogens with one attached hydrogen (secondary N) is 1. The lowest BCUT2D eigenvalue weighted by Gasteiger charge is -2.26. The van der Waals surface area contributed by atoms with Crippen LogP contribution in [0.1, 0.15) is 19.4 Å². The quantitative estimate of drug-likeness (QED) is 0.803. The highest BCUT2D eigenvalue weighted by Gasteiger charge is 2.08. The van der Waals surface area contributed by atoms with E-state index < -0.39 is 0 Å². The Labute approximate surface area is 110 Å². The van der Waals surface area contributed by atoms with Crippen LogP contribution in [0.15, 0.2) is 24.3 Å². The first-order valence-corrected chi connectivity index (χ1v) is 7.59. The van der Waals surface area contributed by atoms with Crippen LogP contribution < -0.4 is 10.2 Å². The molecule has 1 rings (SSSR count). The fraction of sp³-hybridized carbons (Fsp3) is 0.571. The van der Waals surface area contributed by atoms with Crippen molar-refractivity contribution in [2.24, 2.45) is 0 Å². The maximum Gasteiger partial charge on any atom is 0.0366 e. The molecule has 0 saturated carbocycles. The highest BCUT2D eigenvalue weighted by molar-refractivity contribution is 7.98. The molecule has 96 valence electrons. The standard InChI is InChI=1S/C14H24N2S/c1-5-15-10-13-6-8-14(9-7-13)16(3)12(2)11-17-4/h6-9,12,15H,5,10-11H2,1-4H3. The Bertz CT molecular complexity index is 311. The van der Waals surface area contributed by atoms with Crippen molar-refractivity contribution in [3.05, 3.63) is 29.8 Å². The maximum absolute atomic E-state index is 3.34. The fourth-order valence-corrected chi connectivity index (χ4v) is 2.43. The van der Waals surface area contributed by atoms with Gasteiger partial charge < -0.3 is 10.2 Å². The number of anilines is 1. The number of rotatable bonds is 7. The summed E-state index contributed by atoms with van der Waals surface area (Å²) in [6.45, 7) is 6.38. The molecule has 17 heavy (non-hydrogen) atoms. The predicted molar refractivity (Wildman–Crippen MR) is 80.1 cm³/mol. The first kappa shape index (κ1) is 14.4. The first-order valence-electron chi connectivity index (χ1n) is 6.20. The van der Waals surface area contributed by atoms with E-state index in [-0.39, 0.29) is 0 Å². The smallest absolute Gasteiger partial charge is 0.0366 e. The zero-order chi connectivity index (χ0) is 12.7. The van der Waals surface area contributed by atoms with Gasteiger partial charge in [-0.2, -0.15) is 11.8 Å². The molecule has 0 bridgehead atoms. The van der Waals surface area contributed by atoms with Crippen molar-refractivity contribution in [3.8, 4) is 0 Å². The van der Waals surface area contributed by atoms with Crippen LogP contribution in [0.5, 0.6) is 0 Å². The molecule has 0 saturated heterocycles. The Hall–Kier alpha value is -0.670. The van der Waals surface area contributed by atoms with Gasteiger partial charge in [-0.15, -0.1) is 0 Å². The van der Waals surface area contributed by atoms with Crippen LogP contribution in [0, 0.1) is 0 Å². The number of nitrogens with zero attached hydrogens (tertiary/aromatic N) is 1. The van der Waals surface area contributed by atoms with Crippen molar-refractivity contribution in [1.82, 2.24) is 5.32 Å². The minimum Gasteiger partial charge on any atom is -0.371 e. The Balaban J connectivity index is 2.60. The van der Waals surface area contributed by atoms with Gasteiger partial charge in [0, 0.05) is 31.1 Å². The molecule has 2 nitrogen and oxygen atoms in total. The third-order valence-electron chi connectivity index (χ3n) is 2.99. The SMILES string of the molecule is CCNCc1ccc(N(C)C(C)CSC)cc1. The summed E-state index contributed by atoms with van der Waals surface area (Å²) in [5, 5.41) is 3.34. The van der Waals surface area contributed by atoms with Gasteiger partial charge in [0.2, 0.25) is 0 Å². The summed E-state index contributed by atoms with van der Waals surface area (Å²) >= 11 is 1.90. The Morgan fingerprint density at radius 2 is 1.94 bits per heavy atom. The molecule has 1 N–H and O–H groups in total. The Morgan fingerprint density at radius 3 is 2.47 bits per heavy atom. The predicted octanol–water partition coefficient (Wildman–Crippen LogP) is 2.98. The van der Waals surface area contributed by atoms with Crippen LogP contribution in [0.2, 0.25) is 0 Å². The molecule has 1 atom stereocenters. The average Bonchev–Trinajstić information content (AvgIpc) is 2.36. The van der Waals surface area contributed by atoms with E-state index in [4.69, 9.17) is 0 Å². The minimum atomic E-state index is 0.574. The summed E-state index contributed by atoms with van der Waals surface area (Å²) in [5.74, 6) is 1.16. The topological polar surface area (TPSA) is 15.3 Å². The molecule has 0 radical (unpaired) electrons. The number of hydrogen-bond acceptors (Lipinski definition) is 3. The van der Waals surface area contributed by atoms with Gasteiger partial charge in [0.05, 0.1) is 0 Å². The van der Waals surface area contributed by atoms with Gasteiger partial charge in [0.15, 0.2) is 0 Å². The lowest BCUT2D eigenvalue weighted by atomic mass is 10.2. The molecular formula is C14H24N2S. The molecule has 0 fully saturated rings. The molecule has 3 heteroatoms. The molecule has 0 heterocycles. The summed E-state index contributed by atoms with van der Waals surface area (Å²) in [5.41, 5.74) is 2.65. The van der Waals surface area contributed by atoms with E-state index >= 15 is 0 Å². The van der Waals surface area contributed by atoms with Crippen LogP contribution >= 0.6 is 11.8 Å². The van der Waals surface area contributed by atoms with Crippen LogP contribution in [0.3, 0.4) is 0 Å². The molecular weight excluding hydrogens is 228 g/mol. The zero-order valence-corrected chi connectivity index (χ0v) is 12.2. The third-order valence-corrected chi connectivity index (χ3v) is 3.81. The normalized spacial score (nSPS) is 12.5. The first-order chi connectivity index (χ1) is 8.19. The summed E-state index contributed by atoms with van der Waals surface area (Å²) in [6, 6.07) is 9.41. The van der Waals surface area contributed by atoms with Crippen LogP contribution in [-0.2, 0) is 6.54 Å². The van der Waals surface area contributed by atoms with E-state index in [9.17, 15) is 0 Å². The van der Waals surface area contributed by atoms with Crippen molar-refractivity contribution in [2.45, 2.75) is 26.4 Å². The molecule has 1 unspecified atom stereocenters. The largest absolute Gasteiger partial charge is 0.371 e. The molecule has 1 aromatic carbocycles. The third kappa shape index (κ3) is 4.60. The molecule has 0 aromatic heterocycles. The van der Waals surface area contributed by atoms with Crippen molar-refractivity contribution < 1.29 is 0 Å². The number of hydrogen-bond donors (Lipinski definition) is 1. The van der Waals surface area contributed by atoms with E-state index in [1.165, 1.54) is 11.3 Å². The molecule has 0 aliphatic heterocycles. The van der Waals surface area contributed by atoms with E-state index in [1.54, 1.807) is 0 Å². The second-order valence-corrected chi connectivity index (χ2v) is 5.27. The lowest BCUT2D eigenvalue weighted by Crippen LogP contribution is -2.30. The van der Waals surface area contributed by atoms with Gasteiger partial charge in [-0.25, -0.2) is 0 Å². The van der Waals surface area contributed by atoms with E-state index in [2.05, 4.69) is 61.6 Å². The minimum absolute atomic E-state index is 0.574. The van der Waals surface area contributed by atoms with Crippen molar-refractivity contribution in [2.75, 3.05) is 30.5 Å². The Morgan fingerprint density at radius 1 is 1.29 bits per heavy atom. The molecule has 1 aromatic rings. The number of benzene rings is 1. The van der Waals surface area contributed by atoms with Gasteiger partial charge in [-0.3, -0.25) is 0 Å². The van der Waals surface area contributed by atoms with Gasteiger partial charge in [-0.1, -0.05) is 19.1 Å². The van der Waals surface area contributed by atoms with Gasteiger partial charge in [0.25, 0.3) is 0 Å². The highest BCUT2D eigenvalue weighted by Crippen LogP contribution is 2.17. The van der Waals surface area contributed by atoms with E-state index in [1.807, 2.05) is 11.8 Å². The molecule has 0 spiro atoms. The lowest BCUT2D eigenvalue weighted by molar-refractivity contribution is 0.726. The summed E-state index contributed by atoms with van der Waals surface area (Å²) in [7, 11) is 2.17. The van der Waals surface area contributed by atoms with Gasteiger partial charge in [0.1, 0.15) is 0 Å². The monoisotopic (exact) mass is 252 g/mol. The second-order valence-electron chi connectivity index (χ2n) is 4.36. The highest BCUT2D eigenvalue weighted by atomic mass is 32.2. The molecule has 0 amide bonds. The van der Waals surface area contributed by atoms with Crippen molar-refractivity contribution in [3.63, 3.8) is 0 Å². The maximum atomic E-state index is 3.34. The molecule has 0 aliphatic carbocycles. The second kappa shape index (κ2) is 7.62. The summed E-state index contributed by atoms with van der Waals surface area (Å²) in [6.07, 6.45) is 2.16. The summed E-state index contributed by atoms with van der Waals surface area (Å²) < 4.78 is 0. The molecule has 0 aliphatic rings. The van der Waals surface area contributed by atoms with Crippen LogP contribution in [0.25, 0.3) is 0 Å². The fourth-order valence-electron chi connectivity index (χ4n) is 1.73. The van der Waals surface area contributed by atoms with Crippen molar-refractivity contribution >= 4 is 17.4 Å². The van der Waals surface area contributed by atoms with E-state index in [0.717, 1.165) is 18.8 Å². The summed E-state index contributed by atoms with van der Waals surface area (Å²) in [4.78, 5) is 2.34. The van der Waals surface area contributed by atoms with Crippen LogP contribution in [-0.4, -0.2) is 31.6 Å². The Kier molecular flexibility index (Phi) is 6.45. The van der Waals surface area contributed by atoms with Crippen molar-refractivity contribution in [1.29, 1.82) is 0 Å². The average molecular weight is 252 g/mol. The van der Waals surface area contributed by atoms with E-state index in [0.29, 0.717) is 6.04 Å². The van der Waals surface area contributed by atoms with Crippen LogP contribution in [0.4, 0.5) is 5.69 Å². The zero-order valence-electron chi connectivity index (χ0n) is 11.4. The number of thioether (sulfide) groups is 1. The van der Waals surface area contributed by atoms with Gasteiger partial charge >= 0.3 is 0 Å².